The van der Waals surface area contributed by atoms with Crippen molar-refractivity contribution in [2.24, 2.45) is 0 Å². The van der Waals surface area contributed by atoms with Gasteiger partial charge in [-0.05, 0) is 50.2 Å². The van der Waals surface area contributed by atoms with Crippen molar-refractivity contribution in [3.8, 4) is 0 Å². The van der Waals surface area contributed by atoms with E-state index < -0.39 is 0 Å². The summed E-state index contributed by atoms with van der Waals surface area (Å²) >= 11 is 4.37. The molecule has 0 saturated carbocycles. The van der Waals surface area contributed by atoms with Crippen LogP contribution in [0.4, 0.5) is 0 Å². The van der Waals surface area contributed by atoms with E-state index in [1.165, 1.54) is 41.4 Å². The number of allylic oxidation sites excluding steroid dienone is 1. The van der Waals surface area contributed by atoms with Gasteiger partial charge in [0.15, 0.2) is 0 Å². The van der Waals surface area contributed by atoms with Crippen LogP contribution < -0.4 is 0 Å². The lowest BCUT2D eigenvalue weighted by Gasteiger charge is -1.98. The highest BCUT2D eigenvalue weighted by atomic mass is 127. The summed E-state index contributed by atoms with van der Waals surface area (Å²) in [5.74, 6) is 1.20. The second-order valence-corrected chi connectivity index (χ2v) is 5.36. The monoisotopic (exact) mass is 298 g/mol. The predicted octanol–water partition coefficient (Wildman–Crippen LogP) is 4.99. The van der Waals surface area contributed by atoms with Crippen molar-refractivity contribution in [2.45, 2.75) is 46.0 Å². The van der Waals surface area contributed by atoms with Crippen molar-refractivity contribution in [1.82, 2.24) is 0 Å². The van der Waals surface area contributed by atoms with Gasteiger partial charge in [0, 0.05) is 0 Å². The molecule has 0 rings (SSSR count). The van der Waals surface area contributed by atoms with Gasteiger partial charge in [-0.3, -0.25) is 0 Å². The third kappa shape index (κ3) is 8.91. The number of hydrogen-bond donors (Lipinski definition) is 0. The maximum absolute atomic E-state index is 2.46. The molecule has 0 aliphatic heterocycles. The quantitative estimate of drug-likeness (QED) is 0.471. The van der Waals surface area contributed by atoms with Gasteiger partial charge in [-0.25, -0.2) is 0 Å². The first kappa shape index (κ1) is 12.8. The van der Waals surface area contributed by atoms with Crippen molar-refractivity contribution in [1.29, 1.82) is 0 Å². The van der Waals surface area contributed by atoms with Crippen molar-refractivity contribution < 1.29 is 0 Å². The Balaban J connectivity index is 3.24. The molecule has 12 heavy (non-hydrogen) atoms. The third-order valence-electron chi connectivity index (χ3n) is 1.65. The fourth-order valence-corrected chi connectivity index (χ4v) is 2.34. The molecule has 72 valence electrons. The summed E-state index contributed by atoms with van der Waals surface area (Å²) in [7, 11) is 0. The van der Waals surface area contributed by atoms with Gasteiger partial charge in [-0.1, -0.05) is 33.1 Å². The van der Waals surface area contributed by atoms with Crippen LogP contribution in [-0.2, 0) is 0 Å². The van der Waals surface area contributed by atoms with E-state index in [-0.39, 0.29) is 0 Å². The molecule has 0 radical (unpaired) electrons. The Labute approximate surface area is 94.7 Å². The van der Waals surface area contributed by atoms with Crippen molar-refractivity contribution in [3.05, 3.63) is 8.99 Å². The molecule has 2 heteroatoms. The molecule has 0 fully saturated rings. The van der Waals surface area contributed by atoms with E-state index in [9.17, 15) is 0 Å². The standard InChI is InChI=1S/C10H19IS/c1-3-5-6-7-8-10(11)9-12-4-2/h9H,3-8H2,1-2H3/b10-9+. The summed E-state index contributed by atoms with van der Waals surface area (Å²) in [6.45, 7) is 4.45. The molecule has 0 atom stereocenters. The van der Waals surface area contributed by atoms with E-state index in [0.717, 1.165) is 0 Å². The van der Waals surface area contributed by atoms with Gasteiger partial charge in [0.2, 0.25) is 0 Å². The Kier molecular flexibility index (Phi) is 10.6. The van der Waals surface area contributed by atoms with Crippen LogP contribution in [0.15, 0.2) is 8.99 Å². The molecule has 0 saturated heterocycles. The minimum absolute atomic E-state index is 1.20. The van der Waals surface area contributed by atoms with Gasteiger partial charge in [0.25, 0.3) is 0 Å². The zero-order chi connectivity index (χ0) is 9.23. The van der Waals surface area contributed by atoms with E-state index in [1.807, 2.05) is 11.8 Å². The zero-order valence-corrected chi connectivity index (χ0v) is 11.1. The molecule has 0 bridgehead atoms. The van der Waals surface area contributed by atoms with Gasteiger partial charge >= 0.3 is 0 Å². The molecule has 0 aliphatic carbocycles. The summed E-state index contributed by atoms with van der Waals surface area (Å²) in [5, 5.41) is 2.30. The minimum Gasteiger partial charge on any atom is -0.134 e. The Hall–Kier alpha value is 0.820. The normalized spacial score (nSPS) is 12.1. The van der Waals surface area contributed by atoms with Crippen molar-refractivity contribution in [2.75, 3.05) is 5.75 Å². The molecule has 0 aromatic rings. The first-order chi connectivity index (χ1) is 5.81. The lowest BCUT2D eigenvalue weighted by Crippen LogP contribution is -1.76. The van der Waals surface area contributed by atoms with Crippen LogP contribution >= 0.6 is 34.4 Å². The molecule has 0 unspecified atom stereocenters. The smallest absolute Gasteiger partial charge is 0.00311 e. The molecule has 0 N–H and O–H groups in total. The molecule has 0 heterocycles. The van der Waals surface area contributed by atoms with Crippen LogP contribution in [-0.4, -0.2) is 5.75 Å². The molecule has 0 amide bonds. The Morgan fingerprint density at radius 2 is 2.00 bits per heavy atom. The summed E-state index contributed by atoms with van der Waals surface area (Å²) in [5.41, 5.74) is 0. The highest BCUT2D eigenvalue weighted by Crippen LogP contribution is 2.19. The second-order valence-electron chi connectivity index (χ2n) is 2.83. The number of unbranched alkanes of at least 4 members (excludes halogenated alkanes) is 3. The first-order valence-corrected chi connectivity index (χ1v) is 6.90. The summed E-state index contributed by atoms with van der Waals surface area (Å²) in [6.07, 6.45) is 6.78. The van der Waals surface area contributed by atoms with Crippen molar-refractivity contribution in [3.63, 3.8) is 0 Å². The van der Waals surface area contributed by atoms with Crippen LogP contribution in [0.1, 0.15) is 46.0 Å². The SMILES string of the molecule is CCCCCC/C(I)=C\SCC. The van der Waals surface area contributed by atoms with E-state index in [4.69, 9.17) is 0 Å². The third-order valence-corrected chi connectivity index (χ3v) is 3.70. The lowest BCUT2D eigenvalue weighted by atomic mass is 10.2. The summed E-state index contributed by atoms with van der Waals surface area (Å²) < 4.78 is 1.52. The molecule has 0 aromatic heterocycles. The number of hydrogen-bond acceptors (Lipinski definition) is 1. The Morgan fingerprint density at radius 3 is 2.58 bits per heavy atom. The Bertz CT molecular complexity index is 121. The van der Waals surface area contributed by atoms with Gasteiger partial charge < -0.3 is 0 Å². The molecular weight excluding hydrogens is 279 g/mol. The van der Waals surface area contributed by atoms with Gasteiger partial charge in [-0.2, -0.15) is 0 Å². The van der Waals surface area contributed by atoms with Crippen LogP contribution in [0, 0.1) is 0 Å². The number of halogens is 1. The van der Waals surface area contributed by atoms with Gasteiger partial charge in [0.05, 0.1) is 0 Å². The second kappa shape index (κ2) is 9.90. The highest BCUT2D eigenvalue weighted by molar-refractivity contribution is 14.1. The first-order valence-electron chi connectivity index (χ1n) is 4.77. The Morgan fingerprint density at radius 1 is 1.25 bits per heavy atom. The van der Waals surface area contributed by atoms with E-state index in [1.54, 1.807) is 0 Å². The molecule has 0 aliphatic rings. The van der Waals surface area contributed by atoms with Crippen LogP contribution in [0.2, 0.25) is 0 Å². The fraction of sp³-hybridized carbons (Fsp3) is 0.800. The predicted molar refractivity (Wildman–Crippen MR) is 69.0 cm³/mol. The average Bonchev–Trinajstić information content (AvgIpc) is 2.09. The molecule has 0 nitrogen and oxygen atoms in total. The maximum atomic E-state index is 2.46. The van der Waals surface area contributed by atoms with E-state index in [0.29, 0.717) is 0 Å². The van der Waals surface area contributed by atoms with Crippen LogP contribution in [0.25, 0.3) is 0 Å². The largest absolute Gasteiger partial charge is 0.134 e. The summed E-state index contributed by atoms with van der Waals surface area (Å²) in [4.78, 5) is 0. The molecular formula is C10H19IS. The topological polar surface area (TPSA) is 0 Å². The zero-order valence-electron chi connectivity index (χ0n) is 8.11. The minimum atomic E-state index is 1.20. The van der Waals surface area contributed by atoms with E-state index in [2.05, 4.69) is 41.8 Å². The van der Waals surface area contributed by atoms with Crippen molar-refractivity contribution >= 4 is 34.4 Å². The fourth-order valence-electron chi connectivity index (χ4n) is 0.953. The highest BCUT2D eigenvalue weighted by Gasteiger charge is 1.91. The molecule has 0 aromatic carbocycles. The maximum Gasteiger partial charge on any atom is -0.00311 e. The lowest BCUT2D eigenvalue weighted by molar-refractivity contribution is 0.673. The molecule has 0 spiro atoms. The average molecular weight is 298 g/mol. The van der Waals surface area contributed by atoms with Gasteiger partial charge in [0.1, 0.15) is 0 Å². The van der Waals surface area contributed by atoms with Crippen LogP contribution in [0.3, 0.4) is 0 Å². The van der Waals surface area contributed by atoms with Gasteiger partial charge in [-0.15, -0.1) is 11.8 Å². The number of thioether (sulfide) groups is 1. The summed E-state index contributed by atoms with van der Waals surface area (Å²) in [6, 6.07) is 0. The van der Waals surface area contributed by atoms with E-state index >= 15 is 0 Å². The number of rotatable bonds is 7. The van der Waals surface area contributed by atoms with Crippen LogP contribution in [0.5, 0.6) is 0 Å².